The van der Waals surface area contributed by atoms with Gasteiger partial charge in [-0.15, -0.1) is 0 Å². The lowest BCUT2D eigenvalue weighted by atomic mass is 9.84. The number of hydrogen-bond acceptors (Lipinski definition) is 4. The Bertz CT molecular complexity index is 1270. The summed E-state index contributed by atoms with van der Waals surface area (Å²) in [6.45, 7) is 3.78. The van der Waals surface area contributed by atoms with Crippen molar-refractivity contribution in [3.05, 3.63) is 90.0 Å². The van der Waals surface area contributed by atoms with Crippen molar-refractivity contribution in [3.8, 4) is 11.1 Å². The van der Waals surface area contributed by atoms with E-state index in [2.05, 4.69) is 52.3 Å². The van der Waals surface area contributed by atoms with E-state index in [1.54, 1.807) is 0 Å². The van der Waals surface area contributed by atoms with Crippen LogP contribution in [0.5, 0.6) is 0 Å². The summed E-state index contributed by atoms with van der Waals surface area (Å²) in [5.74, 6) is 1.08. The zero-order valence-electron chi connectivity index (χ0n) is 16.6. The SMILES string of the molecule is O=C1c2ccccc2-c2cc(N3CCN(c4ccccc4)CC3)nc3cccc1c23. The van der Waals surface area contributed by atoms with E-state index in [4.69, 9.17) is 4.98 Å². The summed E-state index contributed by atoms with van der Waals surface area (Å²) in [5.41, 5.74) is 5.84. The van der Waals surface area contributed by atoms with Crippen molar-refractivity contribution in [1.29, 1.82) is 0 Å². The monoisotopic (exact) mass is 391 g/mol. The number of anilines is 2. The molecule has 0 bridgehead atoms. The van der Waals surface area contributed by atoms with Gasteiger partial charge in [0.15, 0.2) is 5.78 Å². The standard InChI is InChI=1S/C26H21N3O/c30-26-20-10-5-4-9-19(20)22-17-24(27-23-12-6-11-21(26)25(22)23)29-15-13-28(14-16-29)18-7-2-1-3-8-18/h1-12,17H,13-16H2. The van der Waals surface area contributed by atoms with Gasteiger partial charge in [0, 0.05) is 48.4 Å². The number of benzene rings is 3. The van der Waals surface area contributed by atoms with E-state index in [1.165, 1.54) is 5.69 Å². The van der Waals surface area contributed by atoms with Crippen LogP contribution in [0.1, 0.15) is 15.9 Å². The van der Waals surface area contributed by atoms with Gasteiger partial charge in [0.25, 0.3) is 0 Å². The molecule has 0 spiro atoms. The molecule has 0 radical (unpaired) electrons. The lowest BCUT2D eigenvalue weighted by Crippen LogP contribution is -2.46. The first kappa shape index (κ1) is 17.2. The molecule has 4 heteroatoms. The number of para-hydroxylation sites is 1. The summed E-state index contributed by atoms with van der Waals surface area (Å²) in [7, 11) is 0. The smallest absolute Gasteiger partial charge is 0.194 e. The number of hydrogen-bond donors (Lipinski definition) is 0. The molecule has 0 amide bonds. The first-order valence-corrected chi connectivity index (χ1v) is 10.4. The van der Waals surface area contributed by atoms with Crippen LogP contribution in [-0.4, -0.2) is 36.9 Å². The van der Waals surface area contributed by atoms with Crippen molar-refractivity contribution in [2.24, 2.45) is 0 Å². The van der Waals surface area contributed by atoms with E-state index in [9.17, 15) is 4.79 Å². The molecule has 2 heterocycles. The van der Waals surface area contributed by atoms with Gasteiger partial charge in [0.05, 0.1) is 5.52 Å². The lowest BCUT2D eigenvalue weighted by molar-refractivity contribution is 0.104. The Morgan fingerprint density at radius 3 is 2.10 bits per heavy atom. The van der Waals surface area contributed by atoms with Crippen LogP contribution < -0.4 is 9.80 Å². The van der Waals surface area contributed by atoms with E-state index in [-0.39, 0.29) is 5.78 Å². The van der Waals surface area contributed by atoms with Crippen LogP contribution in [-0.2, 0) is 0 Å². The van der Waals surface area contributed by atoms with Crippen molar-refractivity contribution in [2.45, 2.75) is 0 Å². The predicted molar refractivity (Wildman–Crippen MR) is 121 cm³/mol. The summed E-state index contributed by atoms with van der Waals surface area (Å²) in [4.78, 5) is 22.8. The normalized spacial score (nSPS) is 15.4. The number of aromatic nitrogens is 1. The van der Waals surface area contributed by atoms with Gasteiger partial charge in [-0.05, 0) is 35.4 Å². The van der Waals surface area contributed by atoms with Crippen LogP contribution in [0.2, 0.25) is 0 Å². The molecule has 0 unspecified atom stereocenters. The molecular weight excluding hydrogens is 370 g/mol. The Morgan fingerprint density at radius 2 is 1.30 bits per heavy atom. The van der Waals surface area contributed by atoms with Gasteiger partial charge in [-0.25, -0.2) is 4.98 Å². The highest BCUT2D eigenvalue weighted by Gasteiger charge is 2.27. The number of fused-ring (bicyclic) bond motifs is 2. The minimum Gasteiger partial charge on any atom is -0.368 e. The van der Waals surface area contributed by atoms with Gasteiger partial charge >= 0.3 is 0 Å². The third-order valence-electron chi connectivity index (χ3n) is 6.25. The fourth-order valence-corrected chi connectivity index (χ4v) is 4.73. The number of nitrogens with zero attached hydrogens (tertiary/aromatic N) is 3. The van der Waals surface area contributed by atoms with Gasteiger partial charge in [0.2, 0.25) is 0 Å². The third kappa shape index (κ3) is 2.61. The maximum absolute atomic E-state index is 13.0. The van der Waals surface area contributed by atoms with E-state index < -0.39 is 0 Å². The molecule has 146 valence electrons. The molecule has 0 atom stereocenters. The van der Waals surface area contributed by atoms with Crippen LogP contribution in [0.4, 0.5) is 11.5 Å². The molecule has 4 nitrogen and oxygen atoms in total. The second kappa shape index (κ2) is 6.70. The van der Waals surface area contributed by atoms with Gasteiger partial charge in [-0.2, -0.15) is 0 Å². The second-order valence-electron chi connectivity index (χ2n) is 7.91. The number of pyridine rings is 1. The molecule has 2 aliphatic rings. The van der Waals surface area contributed by atoms with E-state index in [1.807, 2.05) is 36.4 Å². The summed E-state index contributed by atoms with van der Waals surface area (Å²) < 4.78 is 0. The zero-order valence-corrected chi connectivity index (χ0v) is 16.6. The molecule has 1 fully saturated rings. The third-order valence-corrected chi connectivity index (χ3v) is 6.25. The van der Waals surface area contributed by atoms with Crippen molar-refractivity contribution in [2.75, 3.05) is 36.0 Å². The number of rotatable bonds is 2. The average molecular weight is 391 g/mol. The Hall–Kier alpha value is -3.66. The first-order chi connectivity index (χ1) is 14.8. The summed E-state index contributed by atoms with van der Waals surface area (Å²) in [6.07, 6.45) is 0. The molecule has 1 aliphatic carbocycles. The largest absolute Gasteiger partial charge is 0.368 e. The van der Waals surface area contributed by atoms with Crippen LogP contribution in [0, 0.1) is 0 Å². The molecule has 1 aromatic heterocycles. The Kier molecular flexibility index (Phi) is 3.85. The molecule has 0 N–H and O–H groups in total. The second-order valence-corrected chi connectivity index (χ2v) is 7.91. The van der Waals surface area contributed by atoms with Gasteiger partial charge in [-0.3, -0.25) is 4.79 Å². The van der Waals surface area contributed by atoms with Crippen LogP contribution in [0.25, 0.3) is 22.0 Å². The molecule has 0 saturated carbocycles. The van der Waals surface area contributed by atoms with Crippen LogP contribution in [0.15, 0.2) is 78.9 Å². The topological polar surface area (TPSA) is 36.4 Å². The van der Waals surface area contributed by atoms with Crippen molar-refractivity contribution >= 4 is 28.2 Å². The maximum Gasteiger partial charge on any atom is 0.194 e. The molecule has 4 aromatic rings. The summed E-state index contributed by atoms with van der Waals surface area (Å²) in [6, 6.07) is 26.6. The highest BCUT2D eigenvalue weighted by atomic mass is 16.1. The molecule has 1 saturated heterocycles. The Morgan fingerprint density at radius 1 is 0.633 bits per heavy atom. The quantitative estimate of drug-likeness (QED) is 0.434. The number of ketones is 1. The van der Waals surface area contributed by atoms with Crippen molar-refractivity contribution in [1.82, 2.24) is 4.98 Å². The Balaban J connectivity index is 1.40. The maximum atomic E-state index is 13.0. The van der Waals surface area contributed by atoms with E-state index in [0.717, 1.165) is 65.2 Å². The predicted octanol–water partition coefficient (Wildman–Crippen LogP) is 4.77. The van der Waals surface area contributed by atoms with Crippen molar-refractivity contribution < 1.29 is 4.79 Å². The first-order valence-electron chi connectivity index (χ1n) is 10.4. The highest BCUT2D eigenvalue weighted by Crippen LogP contribution is 2.40. The average Bonchev–Trinajstić information content (AvgIpc) is 2.83. The number of carbonyl (C=O) groups excluding carboxylic acids is 1. The minimum absolute atomic E-state index is 0.0923. The fourth-order valence-electron chi connectivity index (χ4n) is 4.73. The minimum atomic E-state index is 0.0923. The molecule has 6 rings (SSSR count). The van der Waals surface area contributed by atoms with Crippen LogP contribution >= 0.6 is 0 Å². The van der Waals surface area contributed by atoms with E-state index in [0.29, 0.717) is 0 Å². The summed E-state index contributed by atoms with van der Waals surface area (Å²) in [5, 5.41) is 0.980. The molecule has 3 aromatic carbocycles. The van der Waals surface area contributed by atoms with Gasteiger partial charge in [0.1, 0.15) is 5.82 Å². The fraction of sp³-hybridized carbons (Fsp3) is 0.154. The van der Waals surface area contributed by atoms with E-state index >= 15 is 0 Å². The van der Waals surface area contributed by atoms with Gasteiger partial charge in [-0.1, -0.05) is 54.6 Å². The highest BCUT2D eigenvalue weighted by molar-refractivity contribution is 6.25. The zero-order chi connectivity index (χ0) is 20.1. The number of piperazine rings is 1. The molecule has 30 heavy (non-hydrogen) atoms. The lowest BCUT2D eigenvalue weighted by Gasteiger charge is -2.37. The summed E-state index contributed by atoms with van der Waals surface area (Å²) >= 11 is 0. The van der Waals surface area contributed by atoms with Gasteiger partial charge < -0.3 is 9.80 Å². The van der Waals surface area contributed by atoms with Crippen molar-refractivity contribution in [3.63, 3.8) is 0 Å². The molecular formula is C26H21N3O. The number of carbonyl (C=O) groups is 1. The molecule has 1 aliphatic heterocycles. The van der Waals surface area contributed by atoms with Crippen LogP contribution in [0.3, 0.4) is 0 Å². The Labute approximate surface area is 175 Å².